The van der Waals surface area contributed by atoms with Gasteiger partial charge in [-0.2, -0.15) is 0 Å². The molecule has 1 atom stereocenters. The molecule has 10 nitrogen and oxygen atoms in total. The number of carbonyl (C=O) groups excluding carboxylic acids is 2. The normalized spacial score (nSPS) is 11.7. The maximum absolute atomic E-state index is 14.7. The number of nitrogens with one attached hydrogen (secondary N) is 1. The molecule has 0 spiro atoms. The number of benzene rings is 4. The first kappa shape index (κ1) is 37.7. The molecule has 1 N–H and O–H groups in total. The number of methoxy groups -OCH3 is 3. The summed E-state index contributed by atoms with van der Waals surface area (Å²) in [5.41, 5.74) is 1.15. The van der Waals surface area contributed by atoms with E-state index in [4.69, 9.17) is 49.0 Å². The number of anilines is 1. The minimum atomic E-state index is -4.53. The zero-order chi connectivity index (χ0) is 35.7. The topological polar surface area (TPSA) is 114 Å². The third kappa shape index (κ3) is 8.90. The lowest BCUT2D eigenvalue weighted by Crippen LogP contribution is -2.53. The first-order chi connectivity index (χ1) is 23.4. The fourth-order valence-electron chi connectivity index (χ4n) is 5.18. The van der Waals surface area contributed by atoms with E-state index < -0.39 is 34.4 Å². The highest BCUT2D eigenvalue weighted by atomic mass is 35.5. The van der Waals surface area contributed by atoms with Crippen molar-refractivity contribution in [3.05, 3.63) is 111 Å². The van der Waals surface area contributed by atoms with Crippen LogP contribution in [0.15, 0.2) is 89.8 Å². The quantitative estimate of drug-likeness (QED) is 0.145. The Morgan fingerprint density at radius 2 is 1.43 bits per heavy atom. The molecule has 0 bridgehead atoms. The van der Waals surface area contributed by atoms with Gasteiger partial charge in [-0.05, 0) is 55.0 Å². The maximum atomic E-state index is 14.7. The summed E-state index contributed by atoms with van der Waals surface area (Å²) in [7, 11) is -0.366. The molecular weight excluding hydrogens is 713 g/mol. The second-order valence-electron chi connectivity index (χ2n) is 10.7. The Bertz CT molecular complexity index is 1870. The standard InChI is InChI=1S/C35H36Cl3N3O7S/c1-5-39-35(43)30(18-23-10-7-6-8-11-23)40(21-26-27(37)12-9-13-28(26)38)34(42)22-41(29-19-24(36)14-16-31(29)46-2)49(44,45)25-15-17-32(47-3)33(20-25)48-4/h6-17,19-20,30H,5,18,21-22H2,1-4H3,(H,39,43)/t30-/m0/s1. The highest BCUT2D eigenvalue weighted by Gasteiger charge is 2.36. The average Bonchev–Trinajstić information content (AvgIpc) is 3.09. The van der Waals surface area contributed by atoms with E-state index in [0.29, 0.717) is 17.9 Å². The molecule has 14 heteroatoms. The average molecular weight is 749 g/mol. The molecule has 0 aliphatic carbocycles. The molecule has 0 aromatic heterocycles. The third-order valence-corrected chi connectivity index (χ3v) is 10.3. The number of hydrogen-bond donors (Lipinski definition) is 1. The molecule has 0 aliphatic heterocycles. The number of hydrogen-bond acceptors (Lipinski definition) is 7. The Morgan fingerprint density at radius 1 is 0.796 bits per heavy atom. The molecule has 260 valence electrons. The second-order valence-corrected chi connectivity index (χ2v) is 13.8. The summed E-state index contributed by atoms with van der Waals surface area (Å²) in [5.74, 6) is -0.585. The van der Waals surface area contributed by atoms with Crippen molar-refractivity contribution in [1.82, 2.24) is 10.2 Å². The van der Waals surface area contributed by atoms with Gasteiger partial charge in [-0.15, -0.1) is 0 Å². The molecule has 0 heterocycles. The molecular formula is C35H36Cl3N3O7S. The Morgan fingerprint density at radius 3 is 2.04 bits per heavy atom. The molecule has 0 aliphatic rings. The van der Waals surface area contributed by atoms with E-state index in [-0.39, 0.29) is 50.1 Å². The van der Waals surface area contributed by atoms with Gasteiger partial charge in [0.2, 0.25) is 11.8 Å². The van der Waals surface area contributed by atoms with E-state index in [1.54, 1.807) is 25.1 Å². The summed E-state index contributed by atoms with van der Waals surface area (Å²) in [5, 5.41) is 3.55. The Balaban J connectivity index is 1.90. The van der Waals surface area contributed by atoms with Crippen molar-refractivity contribution in [3.8, 4) is 17.2 Å². The van der Waals surface area contributed by atoms with Crippen molar-refractivity contribution in [3.63, 3.8) is 0 Å². The Labute approximate surface area is 301 Å². The highest BCUT2D eigenvalue weighted by Crippen LogP contribution is 2.37. The van der Waals surface area contributed by atoms with Crippen molar-refractivity contribution in [1.29, 1.82) is 0 Å². The van der Waals surface area contributed by atoms with Crippen molar-refractivity contribution in [2.45, 2.75) is 30.8 Å². The minimum Gasteiger partial charge on any atom is -0.495 e. The van der Waals surface area contributed by atoms with E-state index in [9.17, 15) is 18.0 Å². The fraction of sp³-hybridized carbons (Fsp3) is 0.257. The van der Waals surface area contributed by atoms with Crippen LogP contribution in [0.3, 0.4) is 0 Å². The molecule has 4 aromatic rings. The molecule has 4 rings (SSSR count). The maximum Gasteiger partial charge on any atom is 0.265 e. The van der Waals surface area contributed by atoms with Gasteiger partial charge in [-0.1, -0.05) is 71.2 Å². The summed E-state index contributed by atoms with van der Waals surface area (Å²) < 4.78 is 46.2. The van der Waals surface area contributed by atoms with Gasteiger partial charge in [0.05, 0.1) is 31.9 Å². The molecule has 0 saturated carbocycles. The number of nitrogens with zero attached hydrogens (tertiary/aromatic N) is 2. The van der Waals surface area contributed by atoms with Crippen LogP contribution < -0.4 is 23.8 Å². The largest absolute Gasteiger partial charge is 0.495 e. The van der Waals surface area contributed by atoms with Crippen molar-refractivity contribution >= 4 is 62.3 Å². The second kappa shape index (κ2) is 17.0. The van der Waals surface area contributed by atoms with Gasteiger partial charge in [0, 0.05) is 46.2 Å². The number of sulfonamides is 1. The van der Waals surface area contributed by atoms with Crippen LogP contribution in [0.1, 0.15) is 18.1 Å². The predicted octanol–water partition coefficient (Wildman–Crippen LogP) is 6.64. The monoisotopic (exact) mass is 747 g/mol. The number of carbonyl (C=O) groups is 2. The van der Waals surface area contributed by atoms with Crippen molar-refractivity contribution in [2.24, 2.45) is 0 Å². The fourth-order valence-corrected chi connectivity index (χ4v) is 7.29. The molecule has 49 heavy (non-hydrogen) atoms. The number of likely N-dealkylation sites (N-methyl/N-ethyl adjacent to an activating group) is 1. The molecule has 4 aromatic carbocycles. The number of halogens is 3. The van der Waals surface area contributed by atoms with Gasteiger partial charge in [0.1, 0.15) is 18.3 Å². The van der Waals surface area contributed by atoms with Gasteiger partial charge in [-0.3, -0.25) is 13.9 Å². The van der Waals surface area contributed by atoms with E-state index in [1.807, 2.05) is 30.3 Å². The molecule has 0 saturated heterocycles. The van der Waals surface area contributed by atoms with Crippen molar-refractivity contribution < 1.29 is 32.2 Å². The van der Waals surface area contributed by atoms with Crippen LogP contribution in [0.4, 0.5) is 5.69 Å². The highest BCUT2D eigenvalue weighted by molar-refractivity contribution is 7.92. The zero-order valence-corrected chi connectivity index (χ0v) is 30.4. The number of amides is 2. The van der Waals surface area contributed by atoms with E-state index in [0.717, 1.165) is 9.87 Å². The van der Waals surface area contributed by atoms with E-state index >= 15 is 0 Å². The third-order valence-electron chi connectivity index (χ3n) is 7.64. The van der Waals surface area contributed by atoms with Gasteiger partial charge in [0.15, 0.2) is 11.5 Å². The lowest BCUT2D eigenvalue weighted by atomic mass is 10.0. The summed E-state index contributed by atoms with van der Waals surface area (Å²) in [6.45, 7) is 1.08. The van der Waals surface area contributed by atoms with E-state index in [2.05, 4.69) is 5.32 Å². The summed E-state index contributed by atoms with van der Waals surface area (Å²) in [4.78, 5) is 29.5. The van der Waals surface area contributed by atoms with Crippen LogP contribution >= 0.6 is 34.8 Å². The summed E-state index contributed by atoms with van der Waals surface area (Å²) in [6.07, 6.45) is 0.114. The summed E-state index contributed by atoms with van der Waals surface area (Å²) >= 11 is 19.5. The lowest BCUT2D eigenvalue weighted by Gasteiger charge is -2.34. The van der Waals surface area contributed by atoms with Crippen LogP contribution in [0.25, 0.3) is 0 Å². The van der Waals surface area contributed by atoms with Crippen LogP contribution in [-0.2, 0) is 32.6 Å². The molecule has 0 radical (unpaired) electrons. The van der Waals surface area contributed by atoms with Crippen LogP contribution in [0.5, 0.6) is 17.2 Å². The van der Waals surface area contributed by atoms with Crippen LogP contribution in [0.2, 0.25) is 15.1 Å². The molecule has 2 amide bonds. The van der Waals surface area contributed by atoms with Gasteiger partial charge < -0.3 is 24.4 Å². The van der Waals surface area contributed by atoms with Gasteiger partial charge >= 0.3 is 0 Å². The Hall–Kier alpha value is -4.16. The first-order valence-electron chi connectivity index (χ1n) is 15.1. The van der Waals surface area contributed by atoms with Gasteiger partial charge in [0.25, 0.3) is 10.0 Å². The lowest BCUT2D eigenvalue weighted by molar-refractivity contribution is -0.140. The van der Waals surface area contributed by atoms with Crippen molar-refractivity contribution in [2.75, 3.05) is 38.7 Å². The smallest absolute Gasteiger partial charge is 0.265 e. The summed E-state index contributed by atoms with van der Waals surface area (Å²) in [6, 6.07) is 21.4. The Kier molecular flexibility index (Phi) is 13.0. The van der Waals surface area contributed by atoms with Gasteiger partial charge in [-0.25, -0.2) is 8.42 Å². The predicted molar refractivity (Wildman–Crippen MR) is 192 cm³/mol. The first-order valence-corrected chi connectivity index (χ1v) is 17.6. The molecule has 0 fully saturated rings. The number of ether oxygens (including phenoxy) is 3. The van der Waals surface area contributed by atoms with Crippen LogP contribution in [-0.4, -0.2) is 65.6 Å². The zero-order valence-electron chi connectivity index (χ0n) is 27.3. The molecule has 0 unspecified atom stereocenters. The minimum absolute atomic E-state index is 0.00789. The van der Waals surface area contributed by atoms with Crippen LogP contribution in [0, 0.1) is 0 Å². The number of rotatable bonds is 15. The SMILES string of the molecule is CCNC(=O)[C@H](Cc1ccccc1)N(Cc1c(Cl)cccc1Cl)C(=O)CN(c1cc(Cl)ccc1OC)S(=O)(=O)c1ccc(OC)c(OC)c1. The van der Waals surface area contributed by atoms with E-state index in [1.165, 1.54) is 62.6 Å².